The monoisotopic (exact) mass is 1160 g/mol. The first-order valence-electron chi connectivity index (χ1n) is 21.5. The first-order valence-corrected chi connectivity index (χ1v) is 21.5. The van der Waals surface area contributed by atoms with Gasteiger partial charge in [0.1, 0.15) is 6.15 Å². The zero-order chi connectivity index (χ0) is 59.4. The second kappa shape index (κ2) is 20.8. The molecular weight excluding hydrogens is 1130 g/mol. The predicted molar refractivity (Wildman–Crippen MR) is 232 cm³/mol. The number of nitrogens with zero attached hydrogens (tertiary/aromatic N) is 1. The highest BCUT2D eigenvalue weighted by molar-refractivity contribution is 7.20. The second-order valence-electron chi connectivity index (χ2n) is 17.2. The smallest absolute Gasteiger partial charge is 0.416 e. The molecule has 0 fully saturated rings. The third kappa shape index (κ3) is 13.4. The van der Waals surface area contributed by atoms with Crippen molar-refractivity contribution in [3.63, 3.8) is 0 Å². The highest BCUT2D eigenvalue weighted by Gasteiger charge is 2.47. The number of hydrogen-bond acceptors (Lipinski definition) is 2. The van der Waals surface area contributed by atoms with Crippen LogP contribution in [0.2, 0.25) is 0 Å². The Morgan fingerprint density at radius 1 is 0.354 bits per heavy atom. The molecular formula is C50H26BF24NO3. The van der Waals surface area contributed by atoms with E-state index in [0.717, 1.165) is 10.9 Å². The molecule has 1 heterocycles. The number of Topliss-reactive ketones (excluding diaryl/α,β-unsaturated/α-hetero) is 1. The van der Waals surface area contributed by atoms with Gasteiger partial charge in [0, 0.05) is 23.1 Å². The molecule has 7 aromatic rings. The molecule has 0 saturated heterocycles. The van der Waals surface area contributed by atoms with E-state index in [1.165, 1.54) is 6.07 Å². The molecule has 0 saturated carbocycles. The number of aromatic nitrogens is 1. The summed E-state index contributed by atoms with van der Waals surface area (Å²) in [6.45, 7) is -0.00694. The van der Waals surface area contributed by atoms with Crippen molar-refractivity contribution in [1.29, 1.82) is 0 Å². The summed E-state index contributed by atoms with van der Waals surface area (Å²) in [6, 6.07) is 10.8. The van der Waals surface area contributed by atoms with Crippen molar-refractivity contribution in [2.24, 2.45) is 0 Å². The van der Waals surface area contributed by atoms with Gasteiger partial charge in [-0.3, -0.25) is 4.79 Å². The number of alkyl halides is 24. The predicted octanol–water partition coefficient (Wildman–Crippen LogP) is 13.9. The summed E-state index contributed by atoms with van der Waals surface area (Å²) in [5.41, 5.74) is -28.8. The summed E-state index contributed by atoms with van der Waals surface area (Å²) in [5, 5.41) is 10.3. The minimum absolute atomic E-state index is 0.00694. The molecule has 0 aliphatic rings. The molecule has 0 unspecified atom stereocenters. The van der Waals surface area contributed by atoms with Crippen LogP contribution in [-0.2, 0) is 56.0 Å². The Labute approximate surface area is 426 Å². The molecule has 0 aliphatic carbocycles. The van der Waals surface area contributed by atoms with Crippen LogP contribution in [0.15, 0.2) is 140 Å². The van der Waals surface area contributed by atoms with Crippen LogP contribution in [0, 0.1) is 0 Å². The van der Waals surface area contributed by atoms with E-state index in [4.69, 9.17) is 0 Å². The Hall–Kier alpha value is -7.75. The van der Waals surface area contributed by atoms with Gasteiger partial charge in [0.05, 0.1) is 44.5 Å². The highest BCUT2D eigenvalue weighted by Crippen LogP contribution is 2.41. The van der Waals surface area contributed by atoms with Gasteiger partial charge < -0.3 is 5.11 Å². The lowest BCUT2D eigenvalue weighted by atomic mass is 9.12. The number of ketones is 1. The zero-order valence-corrected chi connectivity index (χ0v) is 38.3. The third-order valence-electron chi connectivity index (χ3n) is 12.0. The Kier molecular flexibility index (Phi) is 15.9. The van der Waals surface area contributed by atoms with Crippen LogP contribution < -0.4 is 26.4 Å². The molecule has 0 radical (unpaired) electrons. The number of fused-ring (bicyclic) bond motifs is 1. The van der Waals surface area contributed by atoms with E-state index >= 15 is 0 Å². The van der Waals surface area contributed by atoms with E-state index in [-0.39, 0.29) is 18.0 Å². The minimum atomic E-state index is -6.13. The van der Waals surface area contributed by atoms with Gasteiger partial charge in [-0.25, -0.2) is 4.79 Å². The van der Waals surface area contributed by atoms with E-state index < -0.39 is 201 Å². The van der Waals surface area contributed by atoms with Crippen molar-refractivity contribution < 1.29 is 125 Å². The lowest BCUT2D eigenvalue weighted by Gasteiger charge is -2.46. The minimum Gasteiger partial charge on any atom is -0.473 e. The SMILES string of the molecule is FC(F)(F)c1cc([B-](c2cc(C(F)(F)F)cc(C(F)(F)F)c2)(c2cc(C(F)(F)F)cc(C(F)(F)F)c2)c2cc(C(F)(F)F)cc(C(F)(F)F)c2)cc(C(F)(F)F)c1.O=C(C[n+]1c(C(=O)O)ccc2ccccc21)c1ccccc1. The first-order chi connectivity index (χ1) is 35.9. The number of carbonyl (C=O) groups excluding carboxylic acids is 1. The number of hydrogen-bond donors (Lipinski definition) is 1. The van der Waals surface area contributed by atoms with Crippen molar-refractivity contribution in [1.82, 2.24) is 0 Å². The molecule has 7 rings (SSSR count). The lowest BCUT2D eigenvalue weighted by molar-refractivity contribution is -0.659. The second-order valence-corrected chi connectivity index (χ2v) is 17.2. The van der Waals surface area contributed by atoms with E-state index in [1.807, 2.05) is 30.3 Å². The molecule has 420 valence electrons. The molecule has 1 aromatic heterocycles. The molecule has 29 heteroatoms. The maximum atomic E-state index is 14.2. The number of carbonyl (C=O) groups is 2. The van der Waals surface area contributed by atoms with Gasteiger partial charge in [0.25, 0.3) is 5.69 Å². The summed E-state index contributed by atoms with van der Waals surface area (Å²) >= 11 is 0. The lowest BCUT2D eigenvalue weighted by Crippen LogP contribution is -2.75. The molecule has 6 aromatic carbocycles. The first kappa shape index (κ1) is 60.5. The fourth-order valence-electron chi connectivity index (χ4n) is 8.55. The Bertz CT molecular complexity index is 2990. The van der Waals surface area contributed by atoms with Gasteiger partial charge in [-0.05, 0) is 36.4 Å². The van der Waals surface area contributed by atoms with Crippen LogP contribution in [0.25, 0.3) is 10.9 Å². The topological polar surface area (TPSA) is 58.2 Å². The van der Waals surface area contributed by atoms with Crippen LogP contribution in [0.1, 0.15) is 65.4 Å². The number of rotatable bonds is 8. The summed E-state index contributed by atoms with van der Waals surface area (Å²) < 4.78 is 342. The van der Waals surface area contributed by atoms with E-state index in [9.17, 15) is 120 Å². The average Bonchev–Trinajstić information content (AvgIpc) is 3.54. The van der Waals surface area contributed by atoms with Crippen LogP contribution in [0.5, 0.6) is 0 Å². The van der Waals surface area contributed by atoms with E-state index in [0.29, 0.717) is 5.56 Å². The van der Waals surface area contributed by atoms with Crippen molar-refractivity contribution in [3.8, 4) is 0 Å². The van der Waals surface area contributed by atoms with Crippen LogP contribution in [-0.4, -0.2) is 23.0 Å². The van der Waals surface area contributed by atoms with Gasteiger partial charge in [-0.2, -0.15) is 132 Å². The number of carboxylic acid groups (broad SMARTS) is 1. The molecule has 0 atom stereocenters. The molecule has 0 aliphatic heterocycles. The summed E-state index contributed by atoms with van der Waals surface area (Å²) in [4.78, 5) is 23.9. The standard InChI is InChI=1S/C32H12BF24.C18H13NO3/c34-25(35,36)13-1-14(26(37,38)39)6-21(5-13)33(22-7-15(27(40,41)42)2-16(8-22)28(43,44)45,23-9-17(29(46,47)48)3-18(10-23)30(49,50)51)24-11-19(31(52,53)54)4-20(12-24)32(55,56)57;20-17(14-7-2-1-3-8-14)12-19-15-9-5-4-6-13(15)10-11-16(19)18(21)22/h1-12H;1-11H,12H2/q-1;/p+1. The van der Waals surface area contributed by atoms with Crippen LogP contribution in [0.4, 0.5) is 105 Å². The van der Waals surface area contributed by atoms with Gasteiger partial charge in [0.2, 0.25) is 17.8 Å². The van der Waals surface area contributed by atoms with Gasteiger partial charge in [-0.1, -0.05) is 91.0 Å². The highest BCUT2D eigenvalue weighted by atomic mass is 19.4. The number of carboxylic acids is 1. The molecule has 0 bridgehead atoms. The molecule has 79 heavy (non-hydrogen) atoms. The summed E-state index contributed by atoms with van der Waals surface area (Å²) in [5.74, 6) is -1.17. The number of para-hydroxylation sites is 1. The van der Waals surface area contributed by atoms with Crippen molar-refractivity contribution in [2.45, 2.75) is 56.0 Å². The number of halogens is 24. The average molecular weight is 1160 g/mol. The van der Waals surface area contributed by atoms with Crippen molar-refractivity contribution in [2.75, 3.05) is 0 Å². The van der Waals surface area contributed by atoms with Gasteiger partial charge in [-0.15, -0.1) is 0 Å². The Morgan fingerprint density at radius 2 is 0.620 bits per heavy atom. The summed E-state index contributed by atoms with van der Waals surface area (Å²) in [7, 11) is 0. The number of benzene rings is 6. The molecule has 0 amide bonds. The molecule has 4 nitrogen and oxygen atoms in total. The Morgan fingerprint density at radius 3 is 0.886 bits per heavy atom. The molecule has 0 spiro atoms. The largest absolute Gasteiger partial charge is 0.473 e. The van der Waals surface area contributed by atoms with Gasteiger partial charge in [0.15, 0.2) is 0 Å². The maximum Gasteiger partial charge on any atom is 0.416 e. The van der Waals surface area contributed by atoms with Crippen LogP contribution in [0.3, 0.4) is 0 Å². The fourth-order valence-corrected chi connectivity index (χ4v) is 8.55. The summed E-state index contributed by atoms with van der Waals surface area (Å²) in [6.07, 6.45) is -54.8. The zero-order valence-electron chi connectivity index (χ0n) is 38.3. The van der Waals surface area contributed by atoms with Crippen molar-refractivity contribution >= 4 is 50.7 Å². The quantitative estimate of drug-likeness (QED) is 0.0714. The van der Waals surface area contributed by atoms with Crippen LogP contribution >= 0.6 is 0 Å². The van der Waals surface area contributed by atoms with Gasteiger partial charge >= 0.3 is 55.4 Å². The third-order valence-corrected chi connectivity index (χ3v) is 12.0. The number of aromatic carboxylic acids is 1. The maximum absolute atomic E-state index is 14.2. The number of pyridine rings is 1. The normalized spacial score (nSPS) is 13.3. The van der Waals surface area contributed by atoms with E-state index in [2.05, 4.69) is 0 Å². The Balaban J connectivity index is 0.000000378. The van der Waals surface area contributed by atoms with E-state index in [1.54, 1.807) is 34.9 Å². The molecule has 1 N–H and O–H groups in total. The van der Waals surface area contributed by atoms with Crippen molar-refractivity contribution in [3.05, 3.63) is 195 Å². The fraction of sp³-hybridized carbons (Fsp3) is 0.180.